The number of halogens is 1. The molecule has 1 heterocycles. The molecule has 0 aliphatic carbocycles. The van der Waals surface area contributed by atoms with E-state index < -0.39 is 5.97 Å². The minimum absolute atomic E-state index is 0.0146. The van der Waals surface area contributed by atoms with Crippen molar-refractivity contribution in [3.05, 3.63) is 30.0 Å². The minimum atomic E-state index is -1.08. The maximum Gasteiger partial charge on any atom is 0.395 e. The van der Waals surface area contributed by atoms with Crippen molar-refractivity contribution in [2.75, 3.05) is 5.32 Å². The average Bonchev–Trinajstić information content (AvgIpc) is 2.71. The third-order valence-electron chi connectivity index (χ3n) is 2.14. The lowest BCUT2D eigenvalue weighted by Crippen LogP contribution is -1.97. The molecule has 1 aromatic carbocycles. The maximum atomic E-state index is 11.7. The summed E-state index contributed by atoms with van der Waals surface area (Å²) in [6.07, 6.45) is 0.546. The fraction of sp³-hybridized carbons (Fsp3) is 0. The van der Waals surface area contributed by atoms with Gasteiger partial charge in [0, 0.05) is 21.1 Å². The number of rotatable bonds is 3. The summed E-state index contributed by atoms with van der Waals surface area (Å²) < 4.78 is 11.7. The molecule has 6 heteroatoms. The molecule has 5 nitrogen and oxygen atoms in total. The van der Waals surface area contributed by atoms with E-state index in [0.29, 0.717) is 23.0 Å². The second kappa shape index (κ2) is 4.01. The number of aromatic nitrogens is 1. The number of fused-ring (bicyclic) bond motifs is 1. The molecule has 2 aromatic rings. The van der Waals surface area contributed by atoms with E-state index in [1.54, 1.807) is 18.2 Å². The summed E-state index contributed by atoms with van der Waals surface area (Å²) in [6.45, 7) is 0. The number of hydrogen-bond acceptors (Lipinski definition) is 3. The van der Waals surface area contributed by atoms with Crippen LogP contribution in [0.25, 0.3) is 10.9 Å². The summed E-state index contributed by atoms with van der Waals surface area (Å²) in [4.78, 5) is 26.9. The number of benzene rings is 1. The highest BCUT2D eigenvalue weighted by Gasteiger charge is 2.11. The van der Waals surface area contributed by atoms with Gasteiger partial charge in [-0.3, -0.25) is 4.79 Å². The van der Waals surface area contributed by atoms with E-state index in [2.05, 4.69) is 15.2 Å². The van der Waals surface area contributed by atoms with Crippen molar-refractivity contribution in [2.24, 2.45) is 0 Å². The summed E-state index contributed by atoms with van der Waals surface area (Å²) in [7, 11) is 0. The predicted octanol–water partition coefficient (Wildman–Crippen LogP) is 1.78. The van der Waals surface area contributed by atoms with Crippen LogP contribution in [0.5, 0.6) is 0 Å². The first-order valence-corrected chi connectivity index (χ1v) is 4.40. The molecule has 0 saturated heterocycles. The lowest BCUT2D eigenvalue weighted by atomic mass is 10.2. The van der Waals surface area contributed by atoms with Crippen molar-refractivity contribution < 1.29 is 19.1 Å². The molecule has 0 aliphatic heterocycles. The first-order chi connectivity index (χ1) is 7.74. The predicted molar refractivity (Wildman–Crippen MR) is 54.5 cm³/mol. The molecular formula is C10H7FN2O3. The number of anilines is 1. The highest BCUT2D eigenvalue weighted by molar-refractivity contribution is 5.96. The third-order valence-corrected chi connectivity index (χ3v) is 2.14. The van der Waals surface area contributed by atoms with Crippen LogP contribution in [0, 0.1) is 0 Å². The Labute approximate surface area is 89.1 Å². The van der Waals surface area contributed by atoms with Gasteiger partial charge in [0.2, 0.25) is 6.41 Å². The fourth-order valence-electron chi connectivity index (χ4n) is 1.44. The van der Waals surface area contributed by atoms with Gasteiger partial charge in [-0.25, -0.2) is 9.74 Å². The van der Waals surface area contributed by atoms with Crippen molar-refractivity contribution in [2.45, 2.75) is 0 Å². The molecule has 2 rings (SSSR count). The number of aromatic amines is 1. The van der Waals surface area contributed by atoms with Crippen LogP contribution in [0.15, 0.2) is 24.3 Å². The Morgan fingerprint density at radius 2 is 2.25 bits per heavy atom. The van der Waals surface area contributed by atoms with E-state index in [1.165, 1.54) is 6.07 Å². The van der Waals surface area contributed by atoms with Gasteiger partial charge in [-0.15, -0.1) is 0 Å². The van der Waals surface area contributed by atoms with Gasteiger partial charge in [0.15, 0.2) is 0 Å². The zero-order valence-electron chi connectivity index (χ0n) is 7.99. The molecule has 82 valence electrons. The highest BCUT2D eigenvalue weighted by Crippen LogP contribution is 2.20. The SMILES string of the molecule is O=CNc1ccc2[nH]c(C(=O)OF)cc2c1. The van der Waals surface area contributed by atoms with Gasteiger partial charge >= 0.3 is 5.97 Å². The van der Waals surface area contributed by atoms with E-state index in [1.807, 2.05) is 0 Å². The Kier molecular flexibility index (Phi) is 2.55. The van der Waals surface area contributed by atoms with Crippen LogP contribution in [0.2, 0.25) is 0 Å². The molecule has 0 saturated carbocycles. The zero-order chi connectivity index (χ0) is 11.5. The van der Waals surface area contributed by atoms with Crippen LogP contribution >= 0.6 is 0 Å². The van der Waals surface area contributed by atoms with Crippen LogP contribution in [0.4, 0.5) is 10.2 Å². The Morgan fingerprint density at radius 1 is 1.44 bits per heavy atom. The third kappa shape index (κ3) is 1.72. The minimum Gasteiger partial charge on any atom is -0.349 e. The Balaban J connectivity index is 2.45. The maximum absolute atomic E-state index is 11.7. The molecule has 0 radical (unpaired) electrons. The first-order valence-electron chi connectivity index (χ1n) is 4.40. The van der Waals surface area contributed by atoms with Gasteiger partial charge in [-0.2, -0.15) is 0 Å². The molecule has 0 fully saturated rings. The van der Waals surface area contributed by atoms with E-state index in [0.717, 1.165) is 0 Å². The fourth-order valence-corrected chi connectivity index (χ4v) is 1.44. The summed E-state index contributed by atoms with van der Waals surface area (Å²) in [5.74, 6) is -1.08. The molecular weight excluding hydrogens is 215 g/mol. The number of H-pyrrole nitrogens is 1. The second-order valence-electron chi connectivity index (χ2n) is 3.11. The summed E-state index contributed by atoms with van der Waals surface area (Å²) >= 11 is 0. The number of nitrogens with one attached hydrogen (secondary N) is 2. The van der Waals surface area contributed by atoms with Crippen molar-refractivity contribution >= 4 is 29.0 Å². The molecule has 2 N–H and O–H groups in total. The monoisotopic (exact) mass is 222 g/mol. The molecule has 0 spiro atoms. The van der Waals surface area contributed by atoms with E-state index >= 15 is 0 Å². The Hall–Kier alpha value is -2.37. The van der Waals surface area contributed by atoms with Crippen LogP contribution in [0.1, 0.15) is 10.5 Å². The Morgan fingerprint density at radius 3 is 2.94 bits per heavy atom. The number of amides is 1. The van der Waals surface area contributed by atoms with Crippen molar-refractivity contribution in [3.8, 4) is 0 Å². The van der Waals surface area contributed by atoms with Gasteiger partial charge in [0.25, 0.3) is 0 Å². The van der Waals surface area contributed by atoms with Crippen LogP contribution < -0.4 is 5.32 Å². The van der Waals surface area contributed by atoms with E-state index in [9.17, 15) is 14.1 Å². The topological polar surface area (TPSA) is 71.2 Å². The van der Waals surface area contributed by atoms with Gasteiger partial charge in [-0.1, -0.05) is 0 Å². The van der Waals surface area contributed by atoms with Gasteiger partial charge in [0.05, 0.1) is 0 Å². The molecule has 0 aliphatic rings. The van der Waals surface area contributed by atoms with Crippen LogP contribution in [-0.2, 0) is 9.74 Å². The molecule has 16 heavy (non-hydrogen) atoms. The van der Waals surface area contributed by atoms with Crippen molar-refractivity contribution in [1.29, 1.82) is 0 Å². The summed E-state index contributed by atoms with van der Waals surface area (Å²) in [5, 5.41) is 3.14. The van der Waals surface area contributed by atoms with E-state index in [-0.39, 0.29) is 5.69 Å². The summed E-state index contributed by atoms with van der Waals surface area (Å²) in [6, 6.07) is 6.40. The van der Waals surface area contributed by atoms with Crippen molar-refractivity contribution in [1.82, 2.24) is 4.98 Å². The highest BCUT2D eigenvalue weighted by atomic mass is 19.3. The zero-order valence-corrected chi connectivity index (χ0v) is 7.99. The van der Waals surface area contributed by atoms with Gasteiger partial charge in [-0.05, 0) is 24.3 Å². The smallest absolute Gasteiger partial charge is 0.349 e. The molecule has 0 bridgehead atoms. The quantitative estimate of drug-likeness (QED) is 0.777. The standard InChI is InChI=1S/C10H7FN2O3/c11-16-10(15)9-4-6-3-7(12-5-14)1-2-8(6)13-9/h1-5,13H,(H,12,14). The lowest BCUT2D eigenvalue weighted by molar-refractivity contribution is -0.105. The molecule has 0 unspecified atom stereocenters. The molecule has 1 aromatic heterocycles. The van der Waals surface area contributed by atoms with Gasteiger partial charge in [0.1, 0.15) is 5.69 Å². The first kappa shape index (κ1) is 10.2. The molecule has 0 atom stereocenters. The normalized spacial score (nSPS) is 10.1. The summed E-state index contributed by atoms with van der Waals surface area (Å²) in [5.41, 5.74) is 1.25. The number of carbonyl (C=O) groups is 2. The van der Waals surface area contributed by atoms with Crippen LogP contribution in [-0.4, -0.2) is 17.4 Å². The largest absolute Gasteiger partial charge is 0.395 e. The number of hydrogen-bond donors (Lipinski definition) is 2. The second-order valence-corrected chi connectivity index (χ2v) is 3.11. The van der Waals surface area contributed by atoms with Crippen molar-refractivity contribution in [3.63, 3.8) is 0 Å². The lowest BCUT2D eigenvalue weighted by Gasteiger charge is -1.96. The van der Waals surface area contributed by atoms with Gasteiger partial charge < -0.3 is 10.3 Å². The molecule has 1 amide bonds. The average molecular weight is 222 g/mol. The van der Waals surface area contributed by atoms with E-state index in [4.69, 9.17) is 0 Å². The Bertz CT molecular complexity index is 550. The van der Waals surface area contributed by atoms with Crippen LogP contribution in [0.3, 0.4) is 0 Å². The number of carbonyl (C=O) groups excluding carboxylic acids is 2.